The first-order chi connectivity index (χ1) is 14.1. The third-order valence-electron chi connectivity index (χ3n) is 5.85. The van der Waals surface area contributed by atoms with Crippen LogP contribution in [0.3, 0.4) is 0 Å². The summed E-state index contributed by atoms with van der Waals surface area (Å²) in [4.78, 5) is 35.8. The highest BCUT2D eigenvalue weighted by Crippen LogP contribution is 2.36. The zero-order valence-electron chi connectivity index (χ0n) is 15.7. The van der Waals surface area contributed by atoms with Gasteiger partial charge in [0.05, 0.1) is 5.56 Å². The number of halogens is 1. The lowest BCUT2D eigenvalue weighted by molar-refractivity contribution is 0.0594. The molecule has 3 aromatic rings. The maximum atomic E-state index is 13.2. The van der Waals surface area contributed by atoms with Gasteiger partial charge in [-0.1, -0.05) is 23.7 Å². The van der Waals surface area contributed by atoms with Crippen molar-refractivity contribution in [3.63, 3.8) is 0 Å². The summed E-state index contributed by atoms with van der Waals surface area (Å²) < 4.78 is 1.90. The van der Waals surface area contributed by atoms with Crippen LogP contribution in [0.4, 0.5) is 0 Å². The van der Waals surface area contributed by atoms with Crippen molar-refractivity contribution in [3.8, 4) is 11.1 Å². The average molecular weight is 407 g/mol. The molecule has 1 amide bonds. The first kappa shape index (κ1) is 18.1. The minimum atomic E-state index is -0.0473. The van der Waals surface area contributed by atoms with E-state index in [9.17, 15) is 9.59 Å². The molecule has 0 unspecified atom stereocenters. The molecule has 0 aliphatic carbocycles. The van der Waals surface area contributed by atoms with Crippen LogP contribution in [0.15, 0.2) is 59.9 Å². The summed E-state index contributed by atoms with van der Waals surface area (Å²) in [5, 5.41) is 0.648. The van der Waals surface area contributed by atoms with E-state index in [0.717, 1.165) is 17.7 Å². The Labute approximate surface area is 172 Å². The van der Waals surface area contributed by atoms with E-state index in [1.165, 1.54) is 6.33 Å². The molecular weight excluding hydrogens is 388 g/mol. The summed E-state index contributed by atoms with van der Waals surface area (Å²) in [6.45, 7) is 1.87. The Bertz CT molecular complexity index is 1130. The Morgan fingerprint density at radius 3 is 2.52 bits per heavy atom. The van der Waals surface area contributed by atoms with E-state index >= 15 is 0 Å². The van der Waals surface area contributed by atoms with Crippen molar-refractivity contribution in [2.45, 2.75) is 18.9 Å². The number of amides is 1. The number of nitrogens with zero attached hydrogens (tertiary/aromatic N) is 4. The van der Waals surface area contributed by atoms with Crippen molar-refractivity contribution in [1.29, 1.82) is 0 Å². The second-order valence-electron chi connectivity index (χ2n) is 7.73. The molecule has 146 valence electrons. The van der Waals surface area contributed by atoms with Crippen LogP contribution in [-0.2, 0) is 6.54 Å². The van der Waals surface area contributed by atoms with Gasteiger partial charge in [-0.3, -0.25) is 9.59 Å². The van der Waals surface area contributed by atoms with E-state index in [2.05, 4.69) is 9.97 Å². The van der Waals surface area contributed by atoms with Crippen molar-refractivity contribution >= 4 is 17.5 Å². The van der Waals surface area contributed by atoms with E-state index in [1.807, 2.05) is 33.7 Å². The molecular formula is C22H19ClN4O2. The predicted molar refractivity (Wildman–Crippen MR) is 110 cm³/mol. The van der Waals surface area contributed by atoms with Crippen LogP contribution in [0.1, 0.15) is 28.4 Å². The number of likely N-dealkylation sites (tertiary alicyclic amines) is 1. The monoisotopic (exact) mass is 406 g/mol. The lowest BCUT2D eigenvalue weighted by Crippen LogP contribution is -2.49. The van der Waals surface area contributed by atoms with E-state index in [1.54, 1.807) is 24.5 Å². The zero-order valence-corrected chi connectivity index (χ0v) is 16.4. The van der Waals surface area contributed by atoms with Crippen LogP contribution in [-0.4, -0.2) is 38.4 Å². The van der Waals surface area contributed by atoms with Crippen LogP contribution in [0.2, 0.25) is 5.02 Å². The number of pyridine rings is 1. The Hall–Kier alpha value is -2.99. The van der Waals surface area contributed by atoms with E-state index in [-0.39, 0.29) is 23.3 Å². The van der Waals surface area contributed by atoms with Gasteiger partial charge in [0.2, 0.25) is 0 Å². The van der Waals surface area contributed by atoms with Gasteiger partial charge in [-0.25, -0.2) is 9.97 Å². The van der Waals surface area contributed by atoms with Crippen molar-refractivity contribution < 1.29 is 4.79 Å². The minimum Gasteiger partial charge on any atom is -0.338 e. The van der Waals surface area contributed by atoms with Gasteiger partial charge in [-0.15, -0.1) is 0 Å². The molecule has 2 aromatic heterocycles. The third-order valence-corrected chi connectivity index (χ3v) is 6.11. The molecule has 2 atom stereocenters. The van der Waals surface area contributed by atoms with Gasteiger partial charge in [-0.2, -0.15) is 0 Å². The molecule has 2 aliphatic rings. The van der Waals surface area contributed by atoms with Crippen LogP contribution in [0.5, 0.6) is 0 Å². The summed E-state index contributed by atoms with van der Waals surface area (Å²) in [7, 11) is 0. The Morgan fingerprint density at radius 1 is 1.00 bits per heavy atom. The number of benzene rings is 1. The molecule has 1 saturated heterocycles. The summed E-state index contributed by atoms with van der Waals surface area (Å²) in [5.74, 6) is 0.366. The largest absolute Gasteiger partial charge is 0.338 e. The van der Waals surface area contributed by atoms with E-state index in [0.29, 0.717) is 35.8 Å². The van der Waals surface area contributed by atoms with Gasteiger partial charge in [0.15, 0.2) is 0 Å². The van der Waals surface area contributed by atoms with Crippen molar-refractivity contribution in [2.75, 3.05) is 13.1 Å². The fourth-order valence-electron chi connectivity index (χ4n) is 4.55. The number of fused-ring (bicyclic) bond motifs is 4. The molecule has 0 N–H and O–H groups in total. The predicted octanol–water partition coefficient (Wildman–Crippen LogP) is 3.22. The molecule has 0 saturated carbocycles. The quantitative estimate of drug-likeness (QED) is 0.655. The average Bonchev–Trinajstić information content (AvgIpc) is 2.75. The van der Waals surface area contributed by atoms with Crippen molar-refractivity contribution in [1.82, 2.24) is 19.4 Å². The maximum Gasteiger partial charge on any atom is 0.258 e. The first-order valence-electron chi connectivity index (χ1n) is 9.64. The molecule has 0 radical (unpaired) electrons. The Kier molecular flexibility index (Phi) is 4.43. The molecule has 2 aliphatic heterocycles. The highest BCUT2D eigenvalue weighted by atomic mass is 35.5. The van der Waals surface area contributed by atoms with E-state index in [4.69, 9.17) is 11.6 Å². The highest BCUT2D eigenvalue weighted by molar-refractivity contribution is 6.30. The standard InChI is InChI=1S/C22H19ClN4O2/c23-18-3-1-15(2-4-18)19-5-6-20-16-7-14(11-27(20)22(19)29)10-26(12-16)21(28)17-8-24-13-25-9-17/h1-6,8-9,13-14,16H,7,10-12H2/t14-,16+/m0/s1. The van der Waals surface area contributed by atoms with Gasteiger partial charge in [0, 0.05) is 54.2 Å². The molecule has 4 heterocycles. The van der Waals surface area contributed by atoms with Gasteiger partial charge in [0.1, 0.15) is 6.33 Å². The Balaban J connectivity index is 1.46. The van der Waals surface area contributed by atoms with Crippen molar-refractivity contribution in [3.05, 3.63) is 81.8 Å². The lowest BCUT2D eigenvalue weighted by Gasteiger charge is -2.42. The molecule has 1 aromatic carbocycles. The number of carbonyl (C=O) groups is 1. The van der Waals surface area contributed by atoms with Gasteiger partial charge in [-0.05, 0) is 42.2 Å². The molecule has 2 bridgehead atoms. The molecule has 29 heavy (non-hydrogen) atoms. The fraction of sp³-hybridized carbons (Fsp3) is 0.273. The van der Waals surface area contributed by atoms with E-state index < -0.39 is 0 Å². The highest BCUT2D eigenvalue weighted by Gasteiger charge is 2.37. The van der Waals surface area contributed by atoms with Crippen LogP contribution in [0.25, 0.3) is 11.1 Å². The van der Waals surface area contributed by atoms with Crippen LogP contribution < -0.4 is 5.56 Å². The Morgan fingerprint density at radius 2 is 1.76 bits per heavy atom. The molecule has 5 rings (SSSR count). The number of rotatable bonds is 2. The summed E-state index contributed by atoms with van der Waals surface area (Å²) in [6.07, 6.45) is 5.52. The second kappa shape index (κ2) is 7.12. The SMILES string of the molecule is O=C(c1cncnc1)N1C[C@@H]2C[C@H](C1)c1ccc(-c3ccc(Cl)cc3)c(=O)n1C2. The third kappa shape index (κ3) is 3.23. The number of hydrogen-bond acceptors (Lipinski definition) is 4. The van der Waals surface area contributed by atoms with Crippen LogP contribution in [0, 0.1) is 5.92 Å². The van der Waals surface area contributed by atoms with Gasteiger partial charge < -0.3 is 9.47 Å². The van der Waals surface area contributed by atoms with Gasteiger partial charge >= 0.3 is 0 Å². The number of aromatic nitrogens is 3. The fourth-order valence-corrected chi connectivity index (χ4v) is 4.68. The molecule has 0 spiro atoms. The van der Waals surface area contributed by atoms with Gasteiger partial charge in [0.25, 0.3) is 11.5 Å². The smallest absolute Gasteiger partial charge is 0.258 e. The number of hydrogen-bond donors (Lipinski definition) is 0. The maximum absolute atomic E-state index is 13.2. The van der Waals surface area contributed by atoms with Crippen molar-refractivity contribution in [2.24, 2.45) is 5.92 Å². The molecule has 6 nitrogen and oxygen atoms in total. The second-order valence-corrected chi connectivity index (χ2v) is 8.17. The number of piperidine rings is 1. The van der Waals surface area contributed by atoms with Crippen LogP contribution >= 0.6 is 11.6 Å². The minimum absolute atomic E-state index is 0.0239. The normalized spacial score (nSPS) is 20.2. The first-order valence-corrected chi connectivity index (χ1v) is 10.0. The topological polar surface area (TPSA) is 68.1 Å². The summed E-state index contributed by atoms with van der Waals surface area (Å²) in [6, 6.07) is 11.3. The number of carbonyl (C=O) groups excluding carboxylic acids is 1. The molecule has 1 fully saturated rings. The lowest BCUT2D eigenvalue weighted by atomic mass is 9.82. The summed E-state index contributed by atoms with van der Waals surface area (Å²) >= 11 is 5.98. The summed E-state index contributed by atoms with van der Waals surface area (Å²) in [5.41, 5.74) is 3.08. The molecule has 7 heteroatoms. The zero-order chi connectivity index (χ0) is 20.0.